The fourth-order valence-electron chi connectivity index (χ4n) is 4.43. The van der Waals surface area contributed by atoms with Gasteiger partial charge in [-0.05, 0) is 59.2 Å². The maximum Gasteiger partial charge on any atom is 0.0210 e. The van der Waals surface area contributed by atoms with E-state index in [0.29, 0.717) is 0 Å². The molecule has 0 amide bonds. The molecular weight excluding hydrogens is 288 g/mol. The van der Waals surface area contributed by atoms with Crippen molar-refractivity contribution in [3.8, 4) is 22.3 Å². The largest absolute Gasteiger partial charge is 0.0642 e. The molecule has 3 aromatic carbocycles. The molecule has 0 N–H and O–H groups in total. The van der Waals surface area contributed by atoms with Crippen molar-refractivity contribution in [3.63, 3.8) is 0 Å². The van der Waals surface area contributed by atoms with Crippen LogP contribution in [0.1, 0.15) is 43.4 Å². The number of hydrogen-bond donors (Lipinski definition) is 0. The Balaban J connectivity index is 1.97. The summed E-state index contributed by atoms with van der Waals surface area (Å²) in [4.78, 5) is 0. The van der Waals surface area contributed by atoms with Crippen molar-refractivity contribution in [1.82, 2.24) is 0 Å². The van der Waals surface area contributed by atoms with Gasteiger partial charge in [0.1, 0.15) is 0 Å². The third kappa shape index (κ3) is 2.06. The first-order valence-corrected chi connectivity index (χ1v) is 9.01. The highest BCUT2D eigenvalue weighted by molar-refractivity contribution is 5.84. The number of rotatable bonds is 3. The van der Waals surface area contributed by atoms with Gasteiger partial charge >= 0.3 is 0 Å². The predicted octanol–water partition coefficient (Wildman–Crippen LogP) is 6.75. The molecule has 0 spiro atoms. The van der Waals surface area contributed by atoms with Gasteiger partial charge in [0, 0.05) is 5.41 Å². The van der Waals surface area contributed by atoms with Gasteiger partial charge in [0.05, 0.1) is 0 Å². The van der Waals surface area contributed by atoms with Gasteiger partial charge in [0.25, 0.3) is 0 Å². The zero-order valence-electron chi connectivity index (χ0n) is 14.8. The zero-order chi connectivity index (χ0) is 16.7. The third-order valence-electron chi connectivity index (χ3n) is 5.83. The lowest BCUT2D eigenvalue weighted by Crippen LogP contribution is -2.23. The van der Waals surface area contributed by atoms with Gasteiger partial charge in [0.2, 0.25) is 0 Å². The van der Waals surface area contributed by atoms with E-state index in [4.69, 9.17) is 0 Å². The summed E-state index contributed by atoms with van der Waals surface area (Å²) < 4.78 is 0. The maximum absolute atomic E-state index is 2.44. The lowest BCUT2D eigenvalue weighted by molar-refractivity contribution is 0.490. The van der Waals surface area contributed by atoms with Crippen LogP contribution in [0.25, 0.3) is 22.3 Å². The van der Waals surface area contributed by atoms with Crippen molar-refractivity contribution in [2.75, 3.05) is 0 Å². The van der Waals surface area contributed by atoms with Crippen LogP contribution in [-0.4, -0.2) is 0 Å². The molecule has 0 heteroatoms. The highest BCUT2D eigenvalue weighted by atomic mass is 14.4. The molecule has 0 aromatic heterocycles. The van der Waals surface area contributed by atoms with E-state index >= 15 is 0 Å². The zero-order valence-corrected chi connectivity index (χ0v) is 14.8. The number of benzene rings is 3. The van der Waals surface area contributed by atoms with Gasteiger partial charge in [-0.2, -0.15) is 0 Å². The molecule has 1 aliphatic rings. The maximum atomic E-state index is 2.44. The van der Waals surface area contributed by atoms with Crippen LogP contribution in [0.4, 0.5) is 0 Å². The van der Waals surface area contributed by atoms with E-state index < -0.39 is 0 Å². The van der Waals surface area contributed by atoms with Gasteiger partial charge < -0.3 is 0 Å². The highest BCUT2D eigenvalue weighted by Gasteiger charge is 2.40. The molecule has 0 fully saturated rings. The fourth-order valence-corrected chi connectivity index (χ4v) is 4.43. The molecule has 0 bridgehead atoms. The Morgan fingerprint density at radius 2 is 1.29 bits per heavy atom. The summed E-state index contributed by atoms with van der Waals surface area (Å²) in [6.45, 7) is 6.87. The third-order valence-corrected chi connectivity index (χ3v) is 5.83. The normalized spacial score (nSPS) is 14.3. The molecule has 0 saturated carbocycles. The Labute approximate surface area is 145 Å². The summed E-state index contributed by atoms with van der Waals surface area (Å²) in [6.07, 6.45) is 2.29. The van der Waals surface area contributed by atoms with Crippen molar-refractivity contribution in [2.45, 2.75) is 39.0 Å². The van der Waals surface area contributed by atoms with E-state index in [2.05, 4.69) is 87.5 Å². The molecule has 24 heavy (non-hydrogen) atoms. The number of hydrogen-bond acceptors (Lipinski definition) is 0. The highest BCUT2D eigenvalue weighted by Crippen LogP contribution is 2.53. The minimum atomic E-state index is 0.154. The van der Waals surface area contributed by atoms with Crippen molar-refractivity contribution in [1.29, 1.82) is 0 Å². The standard InChI is InChI=1S/C24H24/c1-4-24(5-2)22-15-17(3)11-13-20(22)21-14-12-19(16-23(21)24)18-9-7-6-8-10-18/h6-16H,4-5H2,1-3H3. The first-order chi connectivity index (χ1) is 11.7. The second-order valence-corrected chi connectivity index (χ2v) is 6.96. The Kier molecular flexibility index (Phi) is 3.57. The van der Waals surface area contributed by atoms with Crippen LogP contribution in [0, 0.1) is 6.92 Å². The number of aryl methyl sites for hydroxylation is 1. The molecule has 0 radical (unpaired) electrons. The molecule has 0 saturated heterocycles. The predicted molar refractivity (Wildman–Crippen MR) is 103 cm³/mol. The average Bonchev–Trinajstić information content (AvgIpc) is 2.91. The summed E-state index contributed by atoms with van der Waals surface area (Å²) >= 11 is 0. The van der Waals surface area contributed by atoms with Crippen LogP contribution in [0.5, 0.6) is 0 Å². The Morgan fingerprint density at radius 3 is 1.96 bits per heavy atom. The summed E-state index contributed by atoms with van der Waals surface area (Å²) in [5, 5.41) is 0. The van der Waals surface area contributed by atoms with Crippen molar-refractivity contribution >= 4 is 0 Å². The van der Waals surface area contributed by atoms with Gasteiger partial charge in [-0.1, -0.05) is 80.1 Å². The average molecular weight is 312 g/mol. The lowest BCUT2D eigenvalue weighted by Gasteiger charge is -2.30. The van der Waals surface area contributed by atoms with Gasteiger partial charge in [0.15, 0.2) is 0 Å². The smallest absolute Gasteiger partial charge is 0.0210 e. The molecular formula is C24H24. The Bertz CT molecular complexity index is 883. The first kappa shape index (κ1) is 15.2. The molecule has 0 unspecified atom stereocenters. The minimum absolute atomic E-state index is 0.154. The van der Waals surface area contributed by atoms with Crippen LogP contribution in [0.15, 0.2) is 66.7 Å². The molecule has 0 heterocycles. The molecule has 0 nitrogen and oxygen atoms in total. The quantitative estimate of drug-likeness (QED) is 0.502. The van der Waals surface area contributed by atoms with E-state index in [0.717, 1.165) is 12.8 Å². The topological polar surface area (TPSA) is 0 Å². The van der Waals surface area contributed by atoms with Crippen LogP contribution < -0.4 is 0 Å². The van der Waals surface area contributed by atoms with Crippen LogP contribution >= 0.6 is 0 Å². The van der Waals surface area contributed by atoms with Gasteiger partial charge in [-0.3, -0.25) is 0 Å². The summed E-state index contributed by atoms with van der Waals surface area (Å²) in [6, 6.07) is 24.7. The lowest BCUT2D eigenvalue weighted by atomic mass is 9.73. The monoisotopic (exact) mass is 312 g/mol. The Morgan fingerprint density at radius 1 is 0.667 bits per heavy atom. The molecule has 1 aliphatic carbocycles. The first-order valence-electron chi connectivity index (χ1n) is 9.01. The minimum Gasteiger partial charge on any atom is -0.0642 e. The van der Waals surface area contributed by atoms with Crippen LogP contribution in [0.3, 0.4) is 0 Å². The van der Waals surface area contributed by atoms with Gasteiger partial charge in [-0.25, -0.2) is 0 Å². The van der Waals surface area contributed by atoms with Crippen LogP contribution in [-0.2, 0) is 5.41 Å². The Hall–Kier alpha value is -2.34. The number of fused-ring (bicyclic) bond motifs is 3. The van der Waals surface area contributed by atoms with Gasteiger partial charge in [-0.15, -0.1) is 0 Å². The molecule has 4 rings (SSSR count). The summed E-state index contributed by atoms with van der Waals surface area (Å²) in [5.74, 6) is 0. The summed E-state index contributed by atoms with van der Waals surface area (Å²) in [5.41, 5.74) is 10.0. The van der Waals surface area contributed by atoms with Crippen molar-refractivity contribution < 1.29 is 0 Å². The van der Waals surface area contributed by atoms with Crippen LogP contribution in [0.2, 0.25) is 0 Å². The van der Waals surface area contributed by atoms with Crippen molar-refractivity contribution in [2.24, 2.45) is 0 Å². The summed E-state index contributed by atoms with van der Waals surface area (Å²) in [7, 11) is 0. The van der Waals surface area contributed by atoms with E-state index in [-0.39, 0.29) is 5.41 Å². The van der Waals surface area contributed by atoms with Crippen molar-refractivity contribution in [3.05, 3.63) is 83.4 Å². The second kappa shape index (κ2) is 5.63. The molecule has 0 atom stereocenters. The molecule has 120 valence electrons. The second-order valence-electron chi connectivity index (χ2n) is 6.96. The molecule has 0 aliphatic heterocycles. The van der Waals surface area contributed by atoms with E-state index in [1.165, 1.54) is 38.9 Å². The van der Waals surface area contributed by atoms with E-state index in [1.807, 2.05) is 0 Å². The van der Waals surface area contributed by atoms with E-state index in [1.54, 1.807) is 0 Å². The fraction of sp³-hybridized carbons (Fsp3) is 0.250. The SMILES string of the molecule is CCC1(CC)c2cc(C)ccc2-c2ccc(-c3ccccc3)cc21. The molecule has 3 aromatic rings. The van der Waals surface area contributed by atoms with E-state index in [9.17, 15) is 0 Å².